The monoisotopic (exact) mass is 324 g/mol. The van der Waals surface area contributed by atoms with E-state index < -0.39 is 0 Å². The molecule has 0 spiro atoms. The van der Waals surface area contributed by atoms with Crippen LogP contribution < -0.4 is 5.32 Å². The van der Waals surface area contributed by atoms with Crippen LogP contribution in [-0.2, 0) is 6.42 Å². The van der Waals surface area contributed by atoms with Crippen molar-refractivity contribution in [2.24, 2.45) is 0 Å². The van der Waals surface area contributed by atoms with Gasteiger partial charge in [0.15, 0.2) is 0 Å². The molecule has 0 fully saturated rings. The second kappa shape index (κ2) is 6.92. The van der Waals surface area contributed by atoms with Crippen molar-refractivity contribution in [3.8, 4) is 0 Å². The summed E-state index contributed by atoms with van der Waals surface area (Å²) < 4.78 is 0. The highest BCUT2D eigenvalue weighted by molar-refractivity contribution is 7.07. The minimum absolute atomic E-state index is 0.0271. The number of fused-ring (bicyclic) bond motifs is 1. The Morgan fingerprint density at radius 3 is 2.83 bits per heavy atom. The Morgan fingerprint density at radius 2 is 2.09 bits per heavy atom. The van der Waals surface area contributed by atoms with Crippen LogP contribution >= 0.6 is 11.3 Å². The number of nitrogens with zero attached hydrogens (tertiary/aromatic N) is 1. The number of carbonyl (C=O) groups excluding carboxylic acids is 1. The Morgan fingerprint density at radius 1 is 1.26 bits per heavy atom. The molecule has 0 saturated heterocycles. The Balaban J connectivity index is 1.83. The van der Waals surface area contributed by atoms with Gasteiger partial charge < -0.3 is 5.32 Å². The molecule has 0 aliphatic carbocycles. The van der Waals surface area contributed by atoms with Gasteiger partial charge >= 0.3 is 0 Å². The predicted molar refractivity (Wildman–Crippen MR) is 96.2 cm³/mol. The number of hydrogen-bond donors (Lipinski definition) is 1. The summed E-state index contributed by atoms with van der Waals surface area (Å²) in [6, 6.07) is 11.8. The van der Waals surface area contributed by atoms with Gasteiger partial charge in [0.05, 0.1) is 11.1 Å². The van der Waals surface area contributed by atoms with Gasteiger partial charge in [0, 0.05) is 17.6 Å². The zero-order valence-electron chi connectivity index (χ0n) is 13.4. The van der Waals surface area contributed by atoms with E-state index in [4.69, 9.17) is 0 Å². The first-order valence-corrected chi connectivity index (χ1v) is 8.78. The molecule has 0 bridgehead atoms. The molecule has 118 valence electrons. The maximum Gasteiger partial charge on any atom is 0.252 e. The van der Waals surface area contributed by atoms with Crippen LogP contribution in [0, 0.1) is 0 Å². The summed E-state index contributed by atoms with van der Waals surface area (Å²) in [5.74, 6) is 0.262. The molecule has 0 aliphatic heterocycles. The standard InChI is InChI=1S/C19H20N2OS/c1-13(2)18-11-16(15-5-3-4-6-17(15)21-18)19(22)20-9-7-14-8-10-23-12-14/h3-6,8,10-13H,7,9H2,1-2H3,(H,20,22). The second-order valence-electron chi connectivity index (χ2n) is 5.90. The number of amides is 1. The Labute approximate surface area is 140 Å². The van der Waals surface area contributed by atoms with E-state index in [0.717, 1.165) is 23.0 Å². The van der Waals surface area contributed by atoms with Crippen molar-refractivity contribution >= 4 is 28.1 Å². The van der Waals surface area contributed by atoms with E-state index in [1.807, 2.05) is 30.3 Å². The maximum atomic E-state index is 12.6. The largest absolute Gasteiger partial charge is 0.352 e. The molecule has 0 radical (unpaired) electrons. The predicted octanol–water partition coefficient (Wildman–Crippen LogP) is 4.39. The lowest BCUT2D eigenvalue weighted by Gasteiger charge is -2.12. The summed E-state index contributed by atoms with van der Waals surface area (Å²) in [7, 11) is 0. The molecule has 2 heterocycles. The van der Waals surface area contributed by atoms with Crippen molar-refractivity contribution in [3.63, 3.8) is 0 Å². The molecule has 4 heteroatoms. The molecule has 1 N–H and O–H groups in total. The second-order valence-corrected chi connectivity index (χ2v) is 6.68. The van der Waals surface area contributed by atoms with Gasteiger partial charge in [-0.3, -0.25) is 9.78 Å². The van der Waals surface area contributed by atoms with Crippen molar-refractivity contribution in [2.75, 3.05) is 6.54 Å². The number of nitrogens with one attached hydrogen (secondary N) is 1. The van der Waals surface area contributed by atoms with E-state index in [1.165, 1.54) is 5.56 Å². The fourth-order valence-corrected chi connectivity index (χ4v) is 3.23. The highest BCUT2D eigenvalue weighted by atomic mass is 32.1. The minimum Gasteiger partial charge on any atom is -0.352 e. The van der Waals surface area contributed by atoms with Gasteiger partial charge in [0.25, 0.3) is 5.91 Å². The Hall–Kier alpha value is -2.20. The fraction of sp³-hybridized carbons (Fsp3) is 0.263. The quantitative estimate of drug-likeness (QED) is 0.756. The Bertz CT molecular complexity index is 809. The molecule has 2 aromatic heterocycles. The van der Waals surface area contributed by atoms with Crippen LogP contribution in [0.2, 0.25) is 0 Å². The molecule has 23 heavy (non-hydrogen) atoms. The maximum absolute atomic E-state index is 12.6. The van der Waals surface area contributed by atoms with Gasteiger partial charge in [-0.15, -0.1) is 0 Å². The number of aromatic nitrogens is 1. The van der Waals surface area contributed by atoms with Crippen LogP contribution in [-0.4, -0.2) is 17.4 Å². The summed E-state index contributed by atoms with van der Waals surface area (Å²) in [6.45, 7) is 4.83. The van der Waals surface area contributed by atoms with E-state index in [2.05, 4.69) is 41.0 Å². The van der Waals surface area contributed by atoms with Crippen LogP contribution in [0.4, 0.5) is 0 Å². The molecule has 1 amide bonds. The molecule has 0 unspecified atom stereocenters. The lowest BCUT2D eigenvalue weighted by molar-refractivity contribution is 0.0955. The third-order valence-electron chi connectivity index (χ3n) is 3.85. The number of hydrogen-bond acceptors (Lipinski definition) is 3. The topological polar surface area (TPSA) is 42.0 Å². The molecule has 0 aliphatic rings. The van der Waals surface area contributed by atoms with Crippen molar-refractivity contribution in [2.45, 2.75) is 26.2 Å². The first-order chi connectivity index (χ1) is 11.1. The van der Waals surface area contributed by atoms with Crippen LogP contribution in [0.5, 0.6) is 0 Å². The summed E-state index contributed by atoms with van der Waals surface area (Å²) in [5.41, 5.74) is 3.80. The average Bonchev–Trinajstić information content (AvgIpc) is 3.07. The van der Waals surface area contributed by atoms with E-state index in [-0.39, 0.29) is 11.8 Å². The van der Waals surface area contributed by atoms with Gasteiger partial charge in [-0.2, -0.15) is 11.3 Å². The first kappa shape index (κ1) is 15.7. The zero-order valence-corrected chi connectivity index (χ0v) is 14.2. The van der Waals surface area contributed by atoms with Gasteiger partial charge in [-0.05, 0) is 46.9 Å². The third kappa shape index (κ3) is 3.59. The van der Waals surface area contributed by atoms with Gasteiger partial charge in [0.2, 0.25) is 0 Å². The average molecular weight is 324 g/mol. The minimum atomic E-state index is -0.0271. The van der Waals surface area contributed by atoms with Crippen molar-refractivity contribution in [1.29, 1.82) is 0 Å². The lowest BCUT2D eigenvalue weighted by atomic mass is 10.0. The Kier molecular flexibility index (Phi) is 4.72. The summed E-state index contributed by atoms with van der Waals surface area (Å²) in [5, 5.41) is 8.11. The molecular formula is C19H20N2OS. The molecule has 0 saturated carbocycles. The van der Waals surface area contributed by atoms with Crippen LogP contribution in [0.1, 0.15) is 41.4 Å². The summed E-state index contributed by atoms with van der Waals surface area (Å²) in [6.07, 6.45) is 0.856. The van der Waals surface area contributed by atoms with Crippen LogP contribution in [0.15, 0.2) is 47.2 Å². The normalized spacial score (nSPS) is 11.1. The number of rotatable bonds is 5. The van der Waals surface area contributed by atoms with Crippen molar-refractivity contribution in [3.05, 3.63) is 64.0 Å². The van der Waals surface area contributed by atoms with Crippen LogP contribution in [0.25, 0.3) is 10.9 Å². The smallest absolute Gasteiger partial charge is 0.252 e. The zero-order chi connectivity index (χ0) is 16.2. The van der Waals surface area contributed by atoms with E-state index >= 15 is 0 Å². The molecule has 3 nitrogen and oxygen atoms in total. The van der Waals surface area contributed by atoms with E-state index in [1.54, 1.807) is 11.3 Å². The first-order valence-electron chi connectivity index (χ1n) is 7.84. The lowest BCUT2D eigenvalue weighted by Crippen LogP contribution is -2.26. The molecule has 3 aromatic rings. The number of benzene rings is 1. The molecule has 1 aromatic carbocycles. The number of carbonyl (C=O) groups is 1. The number of pyridine rings is 1. The SMILES string of the molecule is CC(C)c1cc(C(=O)NCCc2ccsc2)c2ccccc2n1. The van der Waals surface area contributed by atoms with Crippen molar-refractivity contribution < 1.29 is 4.79 Å². The van der Waals surface area contributed by atoms with Crippen molar-refractivity contribution in [1.82, 2.24) is 10.3 Å². The van der Waals surface area contributed by atoms with Gasteiger partial charge in [0.1, 0.15) is 0 Å². The molecule has 0 atom stereocenters. The van der Waals surface area contributed by atoms with E-state index in [9.17, 15) is 4.79 Å². The van der Waals surface area contributed by atoms with Gasteiger partial charge in [-0.25, -0.2) is 0 Å². The van der Waals surface area contributed by atoms with E-state index in [0.29, 0.717) is 12.1 Å². The fourth-order valence-electron chi connectivity index (χ4n) is 2.53. The number of para-hydroxylation sites is 1. The number of thiophene rings is 1. The van der Waals surface area contributed by atoms with Crippen LogP contribution in [0.3, 0.4) is 0 Å². The highest BCUT2D eigenvalue weighted by Crippen LogP contribution is 2.22. The highest BCUT2D eigenvalue weighted by Gasteiger charge is 2.14. The molecule has 3 rings (SSSR count). The molecular weight excluding hydrogens is 304 g/mol. The summed E-state index contributed by atoms with van der Waals surface area (Å²) >= 11 is 1.68. The third-order valence-corrected chi connectivity index (χ3v) is 4.58. The van der Waals surface area contributed by atoms with Gasteiger partial charge in [-0.1, -0.05) is 32.0 Å². The summed E-state index contributed by atoms with van der Waals surface area (Å²) in [4.78, 5) is 17.3.